The van der Waals surface area contributed by atoms with E-state index in [9.17, 15) is 0 Å². The van der Waals surface area contributed by atoms with Crippen molar-refractivity contribution in [1.29, 1.82) is 0 Å². The van der Waals surface area contributed by atoms with Crippen molar-refractivity contribution in [2.24, 2.45) is 0 Å². The van der Waals surface area contributed by atoms with Crippen LogP contribution in [0.3, 0.4) is 0 Å². The molecule has 0 N–H and O–H groups in total. The highest BCUT2D eigenvalue weighted by molar-refractivity contribution is 6.31. The van der Waals surface area contributed by atoms with Crippen molar-refractivity contribution < 1.29 is 8.83 Å². The standard InChI is InChI=1S/C78H56N2O2/c1-47(2)65-45-71(79(67-37-15-27-49-25-11-13-29-53(49)67)69-39-19-35-61-59-33-17-31-55(75(59)81-77(61)69)51-21-7-5-8-22-51)63-44-42-58-66(48(3)4)46-72(64-43-41-57(65)73(63)74(58)64)80(68-38-16-28-50-26-12-14-30-54(50)68)70-40-20-36-62-60-34-18-32-56(76(60)82-78(62)70)52-23-9-6-10-24-52/h5-48H,1-4H3. The maximum Gasteiger partial charge on any atom is 0.159 e. The predicted molar refractivity (Wildman–Crippen MR) is 348 cm³/mol. The first-order valence-electron chi connectivity index (χ1n) is 28.7. The van der Waals surface area contributed by atoms with Crippen molar-refractivity contribution in [3.8, 4) is 22.3 Å². The molecule has 0 radical (unpaired) electrons. The van der Waals surface area contributed by atoms with E-state index in [1.807, 2.05) is 0 Å². The summed E-state index contributed by atoms with van der Waals surface area (Å²) in [6, 6.07) is 93.2. The Bertz CT molecular complexity index is 4850. The smallest absolute Gasteiger partial charge is 0.159 e. The minimum Gasteiger partial charge on any atom is -0.453 e. The van der Waals surface area contributed by atoms with Gasteiger partial charge in [-0.25, -0.2) is 0 Å². The van der Waals surface area contributed by atoms with Crippen LogP contribution in [0.25, 0.3) is 120 Å². The monoisotopic (exact) mass is 1050 g/mol. The third-order valence-electron chi connectivity index (χ3n) is 17.3. The molecule has 0 saturated carbocycles. The molecule has 0 unspecified atom stereocenters. The highest BCUT2D eigenvalue weighted by Crippen LogP contribution is 2.55. The Morgan fingerprint density at radius 1 is 0.256 bits per heavy atom. The number of anilines is 6. The molecule has 0 aliphatic heterocycles. The molecule has 14 aromatic carbocycles. The molecular weight excluding hydrogens is 997 g/mol. The molecule has 2 heterocycles. The third kappa shape index (κ3) is 7.24. The molecule has 16 aromatic rings. The second-order valence-corrected chi connectivity index (χ2v) is 22.6. The van der Waals surface area contributed by atoms with Gasteiger partial charge >= 0.3 is 0 Å². The molecule has 390 valence electrons. The molecule has 4 nitrogen and oxygen atoms in total. The zero-order valence-electron chi connectivity index (χ0n) is 46.1. The van der Waals surface area contributed by atoms with E-state index in [-0.39, 0.29) is 11.8 Å². The van der Waals surface area contributed by atoms with Gasteiger partial charge in [-0.2, -0.15) is 0 Å². The van der Waals surface area contributed by atoms with E-state index in [0.29, 0.717) is 0 Å². The summed E-state index contributed by atoms with van der Waals surface area (Å²) >= 11 is 0. The molecule has 0 aliphatic carbocycles. The first-order chi connectivity index (χ1) is 40.4. The first kappa shape index (κ1) is 47.8. The van der Waals surface area contributed by atoms with Crippen molar-refractivity contribution >= 4 is 132 Å². The molecule has 16 rings (SSSR count). The van der Waals surface area contributed by atoms with Crippen LogP contribution in [-0.2, 0) is 0 Å². The van der Waals surface area contributed by atoms with Crippen LogP contribution in [-0.4, -0.2) is 0 Å². The van der Waals surface area contributed by atoms with Crippen LogP contribution in [0.4, 0.5) is 34.1 Å². The minimum atomic E-state index is 0.191. The van der Waals surface area contributed by atoms with E-state index >= 15 is 0 Å². The maximum absolute atomic E-state index is 7.33. The number of nitrogens with zero attached hydrogens (tertiary/aromatic N) is 2. The maximum atomic E-state index is 7.33. The van der Waals surface area contributed by atoms with Crippen molar-refractivity contribution in [3.63, 3.8) is 0 Å². The first-order valence-corrected chi connectivity index (χ1v) is 28.7. The van der Waals surface area contributed by atoms with Gasteiger partial charge in [0, 0.05) is 54.2 Å². The number of benzene rings is 14. The van der Waals surface area contributed by atoms with E-state index in [1.54, 1.807) is 0 Å². The molecule has 0 atom stereocenters. The van der Waals surface area contributed by atoms with Gasteiger partial charge in [0.2, 0.25) is 0 Å². The van der Waals surface area contributed by atoms with Gasteiger partial charge < -0.3 is 18.6 Å². The Morgan fingerprint density at radius 3 is 1.01 bits per heavy atom. The average Bonchev–Trinajstić information content (AvgIpc) is 2.82. The van der Waals surface area contributed by atoms with Crippen molar-refractivity contribution in [1.82, 2.24) is 0 Å². The Labute approximate surface area is 475 Å². The summed E-state index contributed by atoms with van der Waals surface area (Å²) in [5, 5.41) is 16.3. The van der Waals surface area contributed by atoms with Crippen LogP contribution in [0.1, 0.15) is 50.7 Å². The molecule has 0 amide bonds. The van der Waals surface area contributed by atoms with E-state index in [2.05, 4.69) is 292 Å². The number of rotatable bonds is 10. The van der Waals surface area contributed by atoms with E-state index in [0.717, 1.165) is 111 Å². The summed E-state index contributed by atoms with van der Waals surface area (Å²) in [4.78, 5) is 5.01. The normalized spacial score (nSPS) is 12.1. The van der Waals surface area contributed by atoms with Crippen molar-refractivity contribution in [2.45, 2.75) is 39.5 Å². The Hall–Kier alpha value is -10.2. The van der Waals surface area contributed by atoms with Crippen LogP contribution in [0, 0.1) is 0 Å². The van der Waals surface area contributed by atoms with Gasteiger partial charge in [-0.3, -0.25) is 0 Å². The summed E-state index contributed by atoms with van der Waals surface area (Å²) in [6.45, 7) is 9.36. The van der Waals surface area contributed by atoms with Crippen molar-refractivity contribution in [2.75, 3.05) is 9.80 Å². The summed E-state index contributed by atoms with van der Waals surface area (Å²) < 4.78 is 14.7. The fraction of sp³-hybridized carbons (Fsp3) is 0.0769. The third-order valence-corrected chi connectivity index (χ3v) is 17.3. The molecule has 0 spiro atoms. The Kier molecular flexibility index (Phi) is 10.9. The topological polar surface area (TPSA) is 32.8 Å². The second-order valence-electron chi connectivity index (χ2n) is 22.6. The van der Waals surface area contributed by atoms with Crippen molar-refractivity contribution in [3.05, 3.63) is 266 Å². The molecule has 82 heavy (non-hydrogen) atoms. The highest BCUT2D eigenvalue weighted by atomic mass is 16.3. The van der Waals surface area contributed by atoms with Gasteiger partial charge in [0.05, 0.1) is 34.1 Å². The fourth-order valence-corrected chi connectivity index (χ4v) is 13.6. The summed E-state index contributed by atoms with van der Waals surface area (Å²) in [5.74, 6) is 0.381. The summed E-state index contributed by atoms with van der Waals surface area (Å²) in [5.41, 5.74) is 16.7. The Balaban J connectivity index is 1.02. The molecule has 0 bridgehead atoms. The molecular formula is C78H56N2O2. The number of furan rings is 2. The lowest BCUT2D eigenvalue weighted by Gasteiger charge is -2.32. The zero-order chi connectivity index (χ0) is 54.7. The highest BCUT2D eigenvalue weighted by Gasteiger charge is 2.30. The van der Waals surface area contributed by atoms with Gasteiger partial charge in [0.15, 0.2) is 11.2 Å². The molecule has 4 heteroatoms. The molecule has 2 aromatic heterocycles. The molecule has 0 saturated heterocycles. The molecule has 0 aliphatic rings. The van der Waals surface area contributed by atoms with Crippen LogP contribution >= 0.6 is 0 Å². The van der Waals surface area contributed by atoms with Crippen LogP contribution in [0.15, 0.2) is 264 Å². The largest absolute Gasteiger partial charge is 0.453 e. The number of para-hydroxylation sites is 4. The minimum absolute atomic E-state index is 0.191. The van der Waals surface area contributed by atoms with Gasteiger partial charge in [0.25, 0.3) is 0 Å². The fourth-order valence-electron chi connectivity index (χ4n) is 13.6. The predicted octanol–water partition coefficient (Wildman–Crippen LogP) is 23.2. The van der Waals surface area contributed by atoms with Crippen LogP contribution in [0.2, 0.25) is 0 Å². The van der Waals surface area contributed by atoms with Gasteiger partial charge in [-0.1, -0.05) is 246 Å². The van der Waals surface area contributed by atoms with E-state index in [4.69, 9.17) is 8.83 Å². The second kappa shape index (κ2) is 18.7. The average molecular weight is 1050 g/mol. The summed E-state index contributed by atoms with van der Waals surface area (Å²) in [6.07, 6.45) is 0. The lowest BCUT2D eigenvalue weighted by Crippen LogP contribution is -2.13. The lowest BCUT2D eigenvalue weighted by molar-refractivity contribution is 0.670. The Morgan fingerprint density at radius 2 is 0.585 bits per heavy atom. The van der Waals surface area contributed by atoms with Crippen LogP contribution in [0.5, 0.6) is 0 Å². The van der Waals surface area contributed by atoms with E-state index < -0.39 is 0 Å². The number of hydrogen-bond acceptors (Lipinski definition) is 4. The molecule has 0 fully saturated rings. The summed E-state index contributed by atoms with van der Waals surface area (Å²) in [7, 11) is 0. The van der Waals surface area contributed by atoms with Gasteiger partial charge in [-0.15, -0.1) is 0 Å². The van der Waals surface area contributed by atoms with Gasteiger partial charge in [-0.05, 0) is 103 Å². The van der Waals surface area contributed by atoms with Crippen LogP contribution < -0.4 is 9.80 Å². The number of fused-ring (bicyclic) bond motifs is 8. The zero-order valence-corrected chi connectivity index (χ0v) is 46.1. The van der Waals surface area contributed by atoms with E-state index in [1.165, 1.54) is 54.2 Å². The van der Waals surface area contributed by atoms with Gasteiger partial charge in [0.1, 0.15) is 11.2 Å². The number of hydrogen-bond donors (Lipinski definition) is 0. The quantitative estimate of drug-likeness (QED) is 0.128. The lowest BCUT2D eigenvalue weighted by atomic mass is 9.84. The SMILES string of the molecule is CC(C)c1cc(N(c2cccc3ccccc23)c2cccc3c2oc2c(-c4ccccc4)cccc23)c2ccc3c(C(C)C)cc(N(c4cccc5ccccc45)c4cccc5c4oc4c(-c6ccccc6)cccc45)c4ccc1c2c34.